The maximum absolute atomic E-state index is 11.1. The predicted molar refractivity (Wildman–Crippen MR) is 61.1 cm³/mol. The van der Waals surface area contributed by atoms with E-state index in [4.69, 9.17) is 14.6 Å². The van der Waals surface area contributed by atoms with Gasteiger partial charge in [0.15, 0.2) is 0 Å². The lowest BCUT2D eigenvalue weighted by molar-refractivity contribution is 0.156. The van der Waals surface area contributed by atoms with Crippen molar-refractivity contribution >= 4 is 6.09 Å². The topological polar surface area (TPSA) is 59.0 Å². The van der Waals surface area contributed by atoms with E-state index in [0.717, 1.165) is 6.42 Å². The lowest BCUT2D eigenvalue weighted by atomic mass is 10.3. The molecule has 1 fully saturated rings. The monoisotopic (exact) mass is 237 g/mol. The van der Waals surface area contributed by atoms with Gasteiger partial charge in [0.2, 0.25) is 0 Å². The van der Waals surface area contributed by atoms with E-state index in [0.29, 0.717) is 32.1 Å². The first-order valence-electron chi connectivity index (χ1n) is 5.59. The van der Waals surface area contributed by atoms with Crippen LogP contribution in [-0.4, -0.2) is 42.4 Å². The van der Waals surface area contributed by atoms with Gasteiger partial charge in [-0.15, -0.1) is 0 Å². The molecule has 0 atom stereocenters. The van der Waals surface area contributed by atoms with Gasteiger partial charge in [-0.2, -0.15) is 0 Å². The predicted octanol–water partition coefficient (Wildman–Crippen LogP) is 1.61. The molecule has 0 radical (unpaired) electrons. The van der Waals surface area contributed by atoms with Gasteiger partial charge in [-0.1, -0.05) is 0 Å². The molecule has 5 nitrogen and oxygen atoms in total. The Hall–Kier alpha value is -1.91. The largest absolute Gasteiger partial charge is 0.508 e. The maximum atomic E-state index is 11.1. The minimum absolute atomic E-state index is 0.220. The Morgan fingerprint density at radius 3 is 2.76 bits per heavy atom. The summed E-state index contributed by atoms with van der Waals surface area (Å²) >= 11 is 0. The average Bonchev–Trinajstić information content (AvgIpc) is 2.73. The van der Waals surface area contributed by atoms with Crippen LogP contribution in [0.3, 0.4) is 0 Å². The van der Waals surface area contributed by atoms with Crippen molar-refractivity contribution in [2.75, 3.05) is 26.3 Å². The summed E-state index contributed by atoms with van der Waals surface area (Å²) in [6.45, 7) is 2.33. The molecule has 1 heterocycles. The third kappa shape index (κ3) is 3.27. The highest BCUT2D eigenvalue weighted by molar-refractivity contribution is 5.69. The molecule has 0 aliphatic carbocycles. The molecule has 1 aromatic rings. The van der Waals surface area contributed by atoms with Crippen LogP contribution in [-0.2, 0) is 4.74 Å². The molecule has 1 amide bonds. The van der Waals surface area contributed by atoms with E-state index in [1.165, 1.54) is 0 Å². The summed E-state index contributed by atoms with van der Waals surface area (Å²) in [6, 6.07) is 6.57. The maximum Gasteiger partial charge on any atom is 0.409 e. The molecule has 17 heavy (non-hydrogen) atoms. The normalized spacial score (nSPS) is 14.8. The van der Waals surface area contributed by atoms with Crippen molar-refractivity contribution in [2.45, 2.75) is 6.42 Å². The van der Waals surface area contributed by atoms with Crippen LogP contribution in [0.15, 0.2) is 24.3 Å². The Kier molecular flexibility index (Phi) is 3.69. The van der Waals surface area contributed by atoms with E-state index >= 15 is 0 Å². The number of carbonyl (C=O) groups excluding carboxylic acids is 1. The fraction of sp³-hybridized carbons (Fsp3) is 0.417. The minimum atomic E-state index is -0.241. The van der Waals surface area contributed by atoms with E-state index < -0.39 is 0 Å². The number of rotatable bonds is 5. The average molecular weight is 237 g/mol. The molecular weight excluding hydrogens is 222 g/mol. The van der Waals surface area contributed by atoms with Gasteiger partial charge >= 0.3 is 6.09 Å². The lowest BCUT2D eigenvalue weighted by Gasteiger charge is -2.12. The van der Waals surface area contributed by atoms with Crippen LogP contribution in [0, 0.1) is 0 Å². The van der Waals surface area contributed by atoms with Crippen LogP contribution in [0.2, 0.25) is 0 Å². The van der Waals surface area contributed by atoms with E-state index in [1.54, 1.807) is 29.2 Å². The molecule has 5 heteroatoms. The Morgan fingerprint density at radius 1 is 1.35 bits per heavy atom. The SMILES string of the molecule is O=C1OCCN1CCCOc1ccc(O)cc1. The zero-order valence-corrected chi connectivity index (χ0v) is 9.46. The number of nitrogens with zero attached hydrogens (tertiary/aromatic N) is 1. The van der Waals surface area contributed by atoms with E-state index in [9.17, 15) is 4.79 Å². The highest BCUT2D eigenvalue weighted by Gasteiger charge is 2.20. The molecule has 0 saturated carbocycles. The first-order valence-corrected chi connectivity index (χ1v) is 5.59. The van der Waals surface area contributed by atoms with E-state index in [2.05, 4.69) is 0 Å². The van der Waals surface area contributed by atoms with Crippen LogP contribution in [0.4, 0.5) is 4.79 Å². The van der Waals surface area contributed by atoms with Crippen molar-refractivity contribution in [2.24, 2.45) is 0 Å². The molecule has 0 spiro atoms. The van der Waals surface area contributed by atoms with Gasteiger partial charge in [-0.25, -0.2) is 4.79 Å². The fourth-order valence-corrected chi connectivity index (χ4v) is 1.62. The summed E-state index contributed by atoms with van der Waals surface area (Å²) in [5.74, 6) is 0.934. The van der Waals surface area contributed by atoms with Gasteiger partial charge in [0.1, 0.15) is 18.1 Å². The van der Waals surface area contributed by atoms with Crippen molar-refractivity contribution in [3.63, 3.8) is 0 Å². The Bertz CT molecular complexity index is 377. The summed E-state index contributed by atoms with van der Waals surface area (Å²) in [7, 11) is 0. The highest BCUT2D eigenvalue weighted by atomic mass is 16.6. The third-order valence-corrected chi connectivity index (χ3v) is 2.52. The van der Waals surface area contributed by atoms with Crippen molar-refractivity contribution in [3.05, 3.63) is 24.3 Å². The number of amides is 1. The number of hydrogen-bond donors (Lipinski definition) is 1. The lowest BCUT2D eigenvalue weighted by Crippen LogP contribution is -2.26. The number of phenolic OH excluding ortho intramolecular Hbond substituents is 1. The summed E-state index contributed by atoms with van der Waals surface area (Å²) < 4.78 is 10.3. The second-order valence-electron chi connectivity index (χ2n) is 3.80. The molecular formula is C12H15NO4. The van der Waals surface area contributed by atoms with Crippen molar-refractivity contribution in [1.29, 1.82) is 0 Å². The van der Waals surface area contributed by atoms with Gasteiger partial charge in [0, 0.05) is 6.54 Å². The second kappa shape index (κ2) is 5.43. The van der Waals surface area contributed by atoms with Gasteiger partial charge in [-0.05, 0) is 30.7 Å². The second-order valence-corrected chi connectivity index (χ2v) is 3.80. The van der Waals surface area contributed by atoms with Crippen LogP contribution >= 0.6 is 0 Å². The molecule has 0 unspecified atom stereocenters. The molecule has 2 rings (SSSR count). The van der Waals surface area contributed by atoms with Crippen molar-refractivity contribution in [1.82, 2.24) is 4.90 Å². The molecule has 0 bridgehead atoms. The van der Waals surface area contributed by atoms with Crippen LogP contribution < -0.4 is 4.74 Å². The number of ether oxygens (including phenoxy) is 2. The Labute approximate surface area is 99.6 Å². The molecule has 1 aliphatic heterocycles. The van der Waals surface area contributed by atoms with Crippen LogP contribution in [0.5, 0.6) is 11.5 Å². The van der Waals surface area contributed by atoms with Gasteiger partial charge in [0.25, 0.3) is 0 Å². The molecule has 1 aliphatic rings. The summed E-state index contributed by atoms with van der Waals surface area (Å²) in [5, 5.41) is 9.09. The molecule has 1 N–H and O–H groups in total. The van der Waals surface area contributed by atoms with E-state index in [-0.39, 0.29) is 11.8 Å². The number of phenols is 1. The third-order valence-electron chi connectivity index (χ3n) is 2.52. The zero-order valence-electron chi connectivity index (χ0n) is 9.46. The number of carbonyl (C=O) groups is 1. The van der Waals surface area contributed by atoms with Gasteiger partial charge in [0.05, 0.1) is 13.2 Å². The van der Waals surface area contributed by atoms with Crippen molar-refractivity contribution in [3.8, 4) is 11.5 Å². The quantitative estimate of drug-likeness (QED) is 0.790. The number of aromatic hydroxyl groups is 1. The molecule has 1 aromatic carbocycles. The van der Waals surface area contributed by atoms with E-state index in [1.807, 2.05) is 0 Å². The smallest absolute Gasteiger partial charge is 0.409 e. The summed E-state index contributed by atoms with van der Waals surface area (Å²) in [4.78, 5) is 12.8. The Morgan fingerprint density at radius 2 is 2.12 bits per heavy atom. The zero-order chi connectivity index (χ0) is 12.1. The highest BCUT2D eigenvalue weighted by Crippen LogP contribution is 2.16. The van der Waals surface area contributed by atoms with Gasteiger partial charge < -0.3 is 19.5 Å². The van der Waals surface area contributed by atoms with Crippen LogP contribution in [0.25, 0.3) is 0 Å². The Balaban J connectivity index is 1.66. The molecule has 92 valence electrons. The minimum Gasteiger partial charge on any atom is -0.508 e. The number of cyclic esters (lactones) is 1. The first-order chi connectivity index (χ1) is 8.25. The fourth-order valence-electron chi connectivity index (χ4n) is 1.62. The standard InChI is InChI=1S/C12H15NO4/c14-10-2-4-11(5-3-10)16-8-1-6-13-7-9-17-12(13)15/h2-5,14H,1,6-9H2. The molecule has 0 aromatic heterocycles. The van der Waals surface area contributed by atoms with Crippen LogP contribution in [0.1, 0.15) is 6.42 Å². The summed E-state index contributed by atoms with van der Waals surface area (Å²) in [6.07, 6.45) is 0.519. The van der Waals surface area contributed by atoms with Gasteiger partial charge in [-0.3, -0.25) is 0 Å². The number of hydrogen-bond acceptors (Lipinski definition) is 4. The number of benzene rings is 1. The first kappa shape index (κ1) is 11.6. The van der Waals surface area contributed by atoms with Crippen molar-refractivity contribution < 1.29 is 19.4 Å². The molecule has 1 saturated heterocycles. The summed E-state index contributed by atoms with van der Waals surface area (Å²) in [5.41, 5.74) is 0.